The van der Waals surface area contributed by atoms with E-state index in [2.05, 4.69) is 52.2 Å². The van der Waals surface area contributed by atoms with Crippen molar-refractivity contribution in [1.29, 1.82) is 0 Å². The minimum Gasteiger partial charge on any atom is -0.368 e. The van der Waals surface area contributed by atoms with Gasteiger partial charge in [0.25, 0.3) is 0 Å². The van der Waals surface area contributed by atoms with Crippen LogP contribution in [0.25, 0.3) is 32.7 Å². The summed E-state index contributed by atoms with van der Waals surface area (Å²) in [6.45, 7) is 1.87. The first-order valence-corrected chi connectivity index (χ1v) is 33.6. The SMILES string of the molecule is NCCCC[C@H](NC(=O)[C@@H]1CCCN1C(=O)[C@H](Cc1c[nH]c2ccccc12)NC(=O)[C@H](CCCCN)NC(=O)[C@H](CCCCN)NC(=O)[C@H](Cc1c[nH]c2ccccc12)NC(=O)[C@H](Cc1c[nH]c2ccccc12)NC(=O)[C@H](CCCCN)NC(=O)[C@@H](N)CCCCN)C(N)=O. The molecular formula is C68H100N18O9. The third-order valence-corrected chi connectivity index (χ3v) is 17.7. The number of para-hydroxylation sites is 3. The summed E-state index contributed by atoms with van der Waals surface area (Å²) >= 11 is 0. The quantitative estimate of drug-likeness (QED) is 0.0238. The average Bonchev–Trinajstić information content (AvgIpc) is 2.06. The molecule has 1 saturated heterocycles. The number of amides is 9. The van der Waals surface area contributed by atoms with E-state index in [0.717, 1.165) is 32.7 Å². The van der Waals surface area contributed by atoms with Gasteiger partial charge < -0.3 is 97.2 Å². The van der Waals surface area contributed by atoms with E-state index in [1.807, 2.05) is 72.8 Å². The van der Waals surface area contributed by atoms with Gasteiger partial charge in [-0.25, -0.2) is 0 Å². The maximum absolute atomic E-state index is 15.3. The zero-order valence-corrected chi connectivity index (χ0v) is 54.4. The van der Waals surface area contributed by atoms with E-state index in [1.54, 1.807) is 18.6 Å². The van der Waals surface area contributed by atoms with E-state index in [4.69, 9.17) is 40.1 Å². The number of aromatic amines is 3. The third kappa shape index (κ3) is 21.4. The molecule has 7 rings (SSSR count). The van der Waals surface area contributed by atoms with Crippen molar-refractivity contribution in [1.82, 2.24) is 57.1 Å². The van der Waals surface area contributed by atoms with Crippen LogP contribution in [-0.4, -0.2) is 167 Å². The maximum atomic E-state index is 15.3. The molecule has 1 aliphatic heterocycles. The summed E-state index contributed by atoms with van der Waals surface area (Å²) in [5.74, 6) is -6.01. The van der Waals surface area contributed by atoms with Gasteiger partial charge in [0.15, 0.2) is 0 Å². The van der Waals surface area contributed by atoms with Crippen molar-refractivity contribution in [3.05, 3.63) is 108 Å². The molecular weight excluding hydrogens is 1210 g/mol. The number of nitrogens with zero attached hydrogens (tertiary/aromatic N) is 1. The minimum atomic E-state index is -1.39. The molecule has 3 aromatic carbocycles. The van der Waals surface area contributed by atoms with Crippen LogP contribution in [0.1, 0.15) is 126 Å². The Kier molecular flexibility index (Phi) is 29.5. The predicted molar refractivity (Wildman–Crippen MR) is 366 cm³/mol. The number of primary amides is 1. The van der Waals surface area contributed by atoms with Crippen molar-refractivity contribution in [3.8, 4) is 0 Å². The van der Waals surface area contributed by atoms with Crippen LogP contribution in [0.2, 0.25) is 0 Å². The lowest BCUT2D eigenvalue weighted by molar-refractivity contribution is -0.142. The van der Waals surface area contributed by atoms with Crippen LogP contribution in [0, 0.1) is 0 Å². The number of fused-ring (bicyclic) bond motifs is 3. The van der Waals surface area contributed by atoms with Gasteiger partial charge in [-0.2, -0.15) is 0 Å². The molecule has 0 saturated carbocycles. The number of hydrogen-bond donors (Lipinski definition) is 17. The first-order valence-electron chi connectivity index (χ1n) is 33.6. The summed E-state index contributed by atoms with van der Waals surface area (Å²) in [7, 11) is 0. The lowest BCUT2D eigenvalue weighted by Crippen LogP contribution is -2.61. The van der Waals surface area contributed by atoms with Crippen LogP contribution < -0.4 is 77.4 Å². The van der Waals surface area contributed by atoms with E-state index in [1.165, 1.54) is 4.90 Å². The highest BCUT2D eigenvalue weighted by atomic mass is 16.2. The van der Waals surface area contributed by atoms with Gasteiger partial charge in [0, 0.05) is 77.1 Å². The smallest absolute Gasteiger partial charge is 0.246 e. The normalized spacial score (nSPS) is 15.6. The Morgan fingerprint density at radius 3 is 1.13 bits per heavy atom. The number of carbonyl (C=O) groups excluding carboxylic acids is 9. The number of carbonyl (C=O) groups is 9. The van der Waals surface area contributed by atoms with Crippen molar-refractivity contribution in [2.45, 2.75) is 183 Å². The molecule has 516 valence electrons. The number of H-pyrrole nitrogens is 3. The Hall–Kier alpha value is -8.73. The Morgan fingerprint density at radius 2 is 0.737 bits per heavy atom. The minimum absolute atomic E-state index is 0.0177. The molecule has 24 N–H and O–H groups in total. The van der Waals surface area contributed by atoms with Gasteiger partial charge in [-0.05, 0) is 170 Å². The van der Waals surface area contributed by atoms with E-state index in [0.29, 0.717) is 113 Å². The van der Waals surface area contributed by atoms with Crippen molar-refractivity contribution >= 4 is 85.9 Å². The molecule has 3 aromatic heterocycles. The number of likely N-dealkylation sites (tertiary alicyclic amines) is 1. The Bertz CT molecular complexity index is 3490. The second kappa shape index (κ2) is 38.0. The molecule has 0 aliphatic carbocycles. The van der Waals surface area contributed by atoms with Crippen molar-refractivity contribution < 1.29 is 43.2 Å². The van der Waals surface area contributed by atoms with Crippen molar-refractivity contribution in [2.75, 3.05) is 39.3 Å². The summed E-state index contributed by atoms with van der Waals surface area (Å²) in [5, 5.41) is 22.6. The highest BCUT2D eigenvalue weighted by molar-refractivity contribution is 5.99. The lowest BCUT2D eigenvalue weighted by Gasteiger charge is -2.31. The lowest BCUT2D eigenvalue weighted by atomic mass is 10.00. The Morgan fingerprint density at radius 1 is 0.411 bits per heavy atom. The van der Waals surface area contributed by atoms with Crippen LogP contribution >= 0.6 is 0 Å². The Balaban J connectivity index is 1.18. The predicted octanol–water partition coefficient (Wildman–Crippen LogP) is 1.00. The molecule has 9 amide bonds. The van der Waals surface area contributed by atoms with Gasteiger partial charge in [0.1, 0.15) is 48.3 Å². The van der Waals surface area contributed by atoms with Crippen molar-refractivity contribution in [3.63, 3.8) is 0 Å². The molecule has 95 heavy (non-hydrogen) atoms. The topological polar surface area (TPSA) is 471 Å². The van der Waals surface area contributed by atoms with Crippen LogP contribution in [-0.2, 0) is 62.4 Å². The molecule has 0 unspecified atom stereocenters. The fourth-order valence-electron chi connectivity index (χ4n) is 12.3. The van der Waals surface area contributed by atoms with Gasteiger partial charge in [-0.1, -0.05) is 61.0 Å². The highest BCUT2D eigenvalue weighted by Crippen LogP contribution is 2.26. The van der Waals surface area contributed by atoms with E-state index in [-0.39, 0.29) is 71.0 Å². The van der Waals surface area contributed by atoms with Crippen molar-refractivity contribution in [2.24, 2.45) is 40.1 Å². The summed E-state index contributed by atoms with van der Waals surface area (Å²) in [6, 6.07) is 11.7. The average molecular weight is 1310 g/mol. The zero-order chi connectivity index (χ0) is 68.2. The van der Waals surface area contributed by atoms with E-state index >= 15 is 24.0 Å². The molecule has 1 aliphatic rings. The number of benzene rings is 3. The van der Waals surface area contributed by atoms with Gasteiger partial charge >= 0.3 is 0 Å². The summed E-state index contributed by atoms with van der Waals surface area (Å²) in [5.41, 5.74) is 45.5. The molecule has 0 radical (unpaired) electrons. The standard InChI is InChI=1S/C68H100N18O9/c69-30-12-7-21-48(74)61(88)80-53(26-9-14-32-71)63(90)83-57(37-43-40-77-50-23-5-2-19-46(43)50)66(93)84-56(36-42-39-76-49-22-4-1-18-45(42)49)65(92)82-54(27-10-15-33-72)62(89)81-55(28-11-16-34-73)64(91)85-58(38-44-41-78-51-24-6-3-20-47(44)51)68(95)86-35-17-29-59(86)67(94)79-52(60(75)87)25-8-13-31-70/h1-6,18-20,22-24,39-41,48,52-59,76-78H,7-17,21,25-38,69-74H2,(H2,75,87)(H,79,94)(H,80,88)(H,81,89)(H,82,92)(H,83,90)(H,84,93)(H,85,91)/t48-,52-,53-,54-,55-,56-,57-,58-,59-/m0/s1. The number of nitrogens with two attached hydrogens (primary N) is 7. The Labute approximate surface area is 554 Å². The number of aromatic nitrogens is 3. The molecule has 27 nitrogen and oxygen atoms in total. The first kappa shape index (κ1) is 73.7. The summed E-state index contributed by atoms with van der Waals surface area (Å²) in [6.07, 6.45) is 11.8. The van der Waals surface area contributed by atoms with E-state index in [9.17, 15) is 19.2 Å². The molecule has 0 bridgehead atoms. The molecule has 0 spiro atoms. The molecule has 1 fully saturated rings. The number of nitrogens with one attached hydrogen (secondary N) is 10. The van der Waals surface area contributed by atoms with Gasteiger partial charge in [0.05, 0.1) is 6.04 Å². The van der Waals surface area contributed by atoms with Gasteiger partial charge in [-0.3, -0.25) is 43.2 Å². The van der Waals surface area contributed by atoms with Crippen LogP contribution in [0.5, 0.6) is 0 Å². The number of rotatable bonds is 42. The fourth-order valence-corrected chi connectivity index (χ4v) is 12.3. The maximum Gasteiger partial charge on any atom is 0.246 e. The summed E-state index contributed by atoms with van der Waals surface area (Å²) < 4.78 is 0. The zero-order valence-electron chi connectivity index (χ0n) is 54.4. The number of unbranched alkanes of at least 4 members (excludes halogenated alkanes) is 5. The van der Waals surface area contributed by atoms with Gasteiger partial charge in [-0.15, -0.1) is 0 Å². The van der Waals surface area contributed by atoms with Crippen LogP contribution in [0.15, 0.2) is 91.4 Å². The number of hydrogen-bond acceptors (Lipinski definition) is 15. The first-order chi connectivity index (χ1) is 46.0. The van der Waals surface area contributed by atoms with Crippen LogP contribution in [0.3, 0.4) is 0 Å². The second-order valence-electron chi connectivity index (χ2n) is 24.7. The monoisotopic (exact) mass is 1310 g/mol. The largest absolute Gasteiger partial charge is 0.368 e. The molecule has 27 heteroatoms. The highest BCUT2D eigenvalue weighted by Gasteiger charge is 2.41. The molecule has 6 aromatic rings. The second-order valence-corrected chi connectivity index (χ2v) is 24.7. The molecule has 9 atom stereocenters. The third-order valence-electron chi connectivity index (χ3n) is 17.7. The van der Waals surface area contributed by atoms with Crippen LogP contribution in [0.4, 0.5) is 0 Å². The summed E-state index contributed by atoms with van der Waals surface area (Å²) in [4.78, 5) is 142. The molecule has 4 heterocycles. The van der Waals surface area contributed by atoms with Gasteiger partial charge in [0.2, 0.25) is 53.2 Å². The fraction of sp³-hybridized carbons (Fsp3) is 0.515. The van der Waals surface area contributed by atoms with E-state index < -0.39 is 108 Å².